The smallest absolute Gasteiger partial charge is 0.490 e. The van der Waals surface area contributed by atoms with Crippen LogP contribution in [-0.2, 0) is 4.74 Å². The summed E-state index contributed by atoms with van der Waals surface area (Å²) >= 11 is 0. The fourth-order valence-electron chi connectivity index (χ4n) is 2.61. The molecule has 2 atom stereocenters. The average Bonchev–Trinajstić information content (AvgIpc) is 2.40. The van der Waals surface area contributed by atoms with E-state index in [2.05, 4.69) is 0 Å². The number of aryl methyl sites for hydroxylation is 1. The molecule has 112 valence electrons. The third-order valence-electron chi connectivity index (χ3n) is 3.78. The molecule has 0 heterocycles. The summed E-state index contributed by atoms with van der Waals surface area (Å²) < 4.78 is 49.2. The van der Waals surface area contributed by atoms with Gasteiger partial charge in [-0.25, -0.2) is 0 Å². The zero-order valence-corrected chi connectivity index (χ0v) is 15.9. The third kappa shape index (κ3) is 5.55. The van der Waals surface area contributed by atoms with Gasteiger partial charge in [-0.1, -0.05) is 12.1 Å². The van der Waals surface area contributed by atoms with Gasteiger partial charge in [-0.05, 0) is 37.8 Å². The molecule has 1 aliphatic carbocycles. The van der Waals surface area contributed by atoms with Gasteiger partial charge in [0.15, 0.2) is 0 Å². The number of methoxy groups -OCH3 is 1. The Morgan fingerprint density at radius 2 is 1.81 bits per heavy atom. The summed E-state index contributed by atoms with van der Waals surface area (Å²) in [5, 5.41) is 0. The quantitative estimate of drug-likeness (QED) is 0.746. The van der Waals surface area contributed by atoms with Gasteiger partial charge in [0.2, 0.25) is 0 Å². The first kappa shape index (κ1) is 19.5. The molecule has 0 N–H and O–H groups in total. The Morgan fingerprint density at radius 3 is 2.38 bits per heavy atom. The van der Waals surface area contributed by atoms with Crippen molar-refractivity contribution >= 4 is 12.4 Å². The van der Waals surface area contributed by atoms with Crippen LogP contribution in [-0.4, -0.2) is 26.3 Å². The van der Waals surface area contributed by atoms with Crippen LogP contribution < -0.4 is 61.6 Å². The van der Waals surface area contributed by atoms with Crippen molar-refractivity contribution in [3.05, 3.63) is 23.8 Å². The molecule has 1 aliphatic rings. The zero-order chi connectivity index (χ0) is 14.8. The minimum atomic E-state index is -4.95. The number of hydrogen-bond acceptors (Lipinski definition) is 2. The van der Waals surface area contributed by atoms with E-state index >= 15 is 0 Å². The SMILES string of the molecule is COC1CCCC(Oc2ccc([B-](F)(F)F)cc2C)C1.[K+]. The van der Waals surface area contributed by atoms with Gasteiger partial charge >= 0.3 is 58.4 Å². The molecular weight excluding hydrogens is 307 g/mol. The molecular formula is C14H19BF3KO2. The maximum Gasteiger partial charge on any atom is 1.00 e. The van der Waals surface area contributed by atoms with E-state index in [1.807, 2.05) is 0 Å². The van der Waals surface area contributed by atoms with Gasteiger partial charge in [-0.3, -0.25) is 0 Å². The van der Waals surface area contributed by atoms with Crippen molar-refractivity contribution in [1.82, 2.24) is 0 Å². The van der Waals surface area contributed by atoms with Crippen molar-refractivity contribution in [2.45, 2.75) is 44.8 Å². The molecule has 0 amide bonds. The predicted molar refractivity (Wildman–Crippen MR) is 73.6 cm³/mol. The van der Waals surface area contributed by atoms with E-state index < -0.39 is 12.4 Å². The van der Waals surface area contributed by atoms with Gasteiger partial charge in [-0.15, -0.1) is 5.46 Å². The van der Waals surface area contributed by atoms with E-state index in [1.54, 1.807) is 14.0 Å². The molecule has 2 rings (SSSR count). The Labute approximate surface area is 166 Å². The van der Waals surface area contributed by atoms with Gasteiger partial charge < -0.3 is 22.4 Å². The van der Waals surface area contributed by atoms with Crippen molar-refractivity contribution in [1.29, 1.82) is 0 Å². The topological polar surface area (TPSA) is 18.5 Å². The molecule has 0 radical (unpaired) electrons. The second-order valence-corrected chi connectivity index (χ2v) is 5.36. The summed E-state index contributed by atoms with van der Waals surface area (Å²) in [6, 6.07) is 3.68. The minimum absolute atomic E-state index is 0. The van der Waals surface area contributed by atoms with Gasteiger partial charge in [0.05, 0.1) is 6.10 Å². The molecule has 1 aromatic carbocycles. The average molecular weight is 326 g/mol. The number of hydrogen-bond donors (Lipinski definition) is 0. The molecule has 2 unspecified atom stereocenters. The molecule has 0 spiro atoms. The van der Waals surface area contributed by atoms with E-state index in [0.717, 1.165) is 37.8 Å². The Balaban J connectivity index is 0.00000220. The van der Waals surface area contributed by atoms with E-state index in [-0.39, 0.29) is 63.6 Å². The molecule has 0 saturated heterocycles. The van der Waals surface area contributed by atoms with Crippen LogP contribution in [0.25, 0.3) is 0 Å². The van der Waals surface area contributed by atoms with Crippen LogP contribution in [0.4, 0.5) is 12.9 Å². The van der Waals surface area contributed by atoms with Crippen molar-refractivity contribution < 1.29 is 73.8 Å². The molecule has 0 bridgehead atoms. The van der Waals surface area contributed by atoms with Gasteiger partial charge in [-0.2, -0.15) is 0 Å². The number of ether oxygens (including phenoxy) is 2. The summed E-state index contributed by atoms with van der Waals surface area (Å²) in [4.78, 5) is 0. The monoisotopic (exact) mass is 326 g/mol. The molecule has 0 aromatic heterocycles. The first-order valence-corrected chi connectivity index (χ1v) is 6.90. The van der Waals surface area contributed by atoms with Crippen LogP contribution >= 0.6 is 0 Å². The Morgan fingerprint density at radius 1 is 1.14 bits per heavy atom. The van der Waals surface area contributed by atoms with Gasteiger partial charge in [0, 0.05) is 13.5 Å². The number of halogens is 3. The second-order valence-electron chi connectivity index (χ2n) is 5.36. The van der Waals surface area contributed by atoms with E-state index in [4.69, 9.17) is 9.47 Å². The van der Waals surface area contributed by atoms with Crippen molar-refractivity contribution in [3.8, 4) is 5.75 Å². The van der Waals surface area contributed by atoms with Crippen molar-refractivity contribution in [3.63, 3.8) is 0 Å². The summed E-state index contributed by atoms with van der Waals surface area (Å²) in [6.07, 6.45) is 3.96. The molecule has 7 heteroatoms. The van der Waals surface area contributed by atoms with Crippen LogP contribution in [0.3, 0.4) is 0 Å². The molecule has 21 heavy (non-hydrogen) atoms. The van der Waals surface area contributed by atoms with E-state index in [0.29, 0.717) is 11.3 Å². The number of rotatable bonds is 4. The standard InChI is InChI=1S/C14H19BF3O2.K/c1-10-8-11(15(16,17)18)6-7-14(10)20-13-5-3-4-12(9-13)19-2;/h6-8,12-13H,3-5,9H2,1-2H3;/q-1;+1. The van der Waals surface area contributed by atoms with Crippen LogP contribution in [0.5, 0.6) is 5.75 Å². The summed E-state index contributed by atoms with van der Waals surface area (Å²) in [6.45, 7) is -3.30. The first-order valence-electron chi connectivity index (χ1n) is 6.90. The van der Waals surface area contributed by atoms with Gasteiger partial charge in [0.25, 0.3) is 0 Å². The van der Waals surface area contributed by atoms with Crippen LogP contribution in [0.1, 0.15) is 31.2 Å². The first-order chi connectivity index (χ1) is 9.40. The van der Waals surface area contributed by atoms with Crippen LogP contribution in [0, 0.1) is 6.92 Å². The minimum Gasteiger partial charge on any atom is -0.490 e. The van der Waals surface area contributed by atoms with E-state index in [1.165, 1.54) is 6.07 Å². The maximum atomic E-state index is 12.7. The zero-order valence-electron chi connectivity index (χ0n) is 12.7. The summed E-state index contributed by atoms with van der Waals surface area (Å²) in [5.74, 6) is 0.538. The predicted octanol–water partition coefficient (Wildman–Crippen LogP) is 0.390. The fraction of sp³-hybridized carbons (Fsp3) is 0.571. The normalized spacial score (nSPS) is 22.5. The van der Waals surface area contributed by atoms with E-state index in [9.17, 15) is 12.9 Å². The molecule has 1 saturated carbocycles. The molecule has 2 nitrogen and oxygen atoms in total. The van der Waals surface area contributed by atoms with Crippen LogP contribution in [0.2, 0.25) is 0 Å². The molecule has 1 fully saturated rings. The fourth-order valence-corrected chi connectivity index (χ4v) is 2.61. The molecule has 0 aliphatic heterocycles. The molecule has 1 aromatic rings. The summed E-state index contributed by atoms with van der Waals surface area (Å²) in [7, 11) is 1.68. The largest absolute Gasteiger partial charge is 1.00 e. The Kier molecular flexibility index (Phi) is 7.77. The maximum absolute atomic E-state index is 12.7. The third-order valence-corrected chi connectivity index (χ3v) is 3.78. The van der Waals surface area contributed by atoms with Gasteiger partial charge in [0.1, 0.15) is 11.9 Å². The van der Waals surface area contributed by atoms with Crippen molar-refractivity contribution in [2.75, 3.05) is 7.11 Å². The Hall–Kier alpha value is 0.471. The Bertz CT molecular complexity index is 468. The second kappa shape index (κ2) is 8.36. The van der Waals surface area contributed by atoms with Crippen molar-refractivity contribution in [2.24, 2.45) is 0 Å². The van der Waals surface area contributed by atoms with Crippen LogP contribution in [0.15, 0.2) is 18.2 Å². The summed E-state index contributed by atoms with van der Waals surface area (Å²) in [5.41, 5.74) is -0.0468. The number of benzene rings is 1.